The molecule has 2 aromatic heterocycles. The number of aromatic nitrogens is 2. The zero-order valence-corrected chi connectivity index (χ0v) is 10.2. The first-order valence-corrected chi connectivity index (χ1v) is 5.66. The van der Waals surface area contributed by atoms with Gasteiger partial charge in [-0.2, -0.15) is 0 Å². The van der Waals surface area contributed by atoms with Gasteiger partial charge in [0.25, 0.3) is 0 Å². The highest BCUT2D eigenvalue weighted by Crippen LogP contribution is 2.19. The van der Waals surface area contributed by atoms with Gasteiger partial charge in [-0.05, 0) is 18.6 Å². The topological polar surface area (TPSA) is 66.8 Å². The summed E-state index contributed by atoms with van der Waals surface area (Å²) in [4.78, 5) is 6.46. The molecule has 17 heavy (non-hydrogen) atoms. The zero-order chi connectivity index (χ0) is 12.4. The van der Waals surface area contributed by atoms with Crippen LogP contribution in [0.3, 0.4) is 0 Å². The lowest BCUT2D eigenvalue weighted by atomic mass is 10.2. The van der Waals surface area contributed by atoms with Crippen LogP contribution in [0.2, 0.25) is 0 Å². The maximum Gasteiger partial charge on any atom is 0.140 e. The molecule has 0 radical (unpaired) electrons. The van der Waals surface area contributed by atoms with Crippen molar-refractivity contribution in [1.29, 1.82) is 0 Å². The molecule has 2 rings (SSSR count). The van der Waals surface area contributed by atoms with E-state index in [4.69, 9.17) is 10.8 Å². The molecule has 0 spiro atoms. The number of nitrogens with zero attached hydrogens (tertiary/aromatic N) is 3. The zero-order valence-electron chi connectivity index (χ0n) is 10.2. The summed E-state index contributed by atoms with van der Waals surface area (Å²) in [6.07, 6.45) is 3.95. The fourth-order valence-electron chi connectivity index (χ4n) is 1.89. The summed E-state index contributed by atoms with van der Waals surface area (Å²) in [6, 6.07) is 2.07. The van der Waals surface area contributed by atoms with Crippen molar-refractivity contribution in [3.8, 4) is 0 Å². The molecule has 0 aliphatic rings. The Balaban J connectivity index is 2.46. The average molecular weight is 234 g/mol. The summed E-state index contributed by atoms with van der Waals surface area (Å²) in [6.45, 7) is 3.23. The molecule has 3 N–H and O–H groups in total. The number of pyridine rings is 1. The summed E-state index contributed by atoms with van der Waals surface area (Å²) in [5.41, 5.74) is 9.57. The first-order valence-electron chi connectivity index (χ1n) is 5.66. The van der Waals surface area contributed by atoms with Crippen LogP contribution in [0.5, 0.6) is 0 Å². The number of hydrogen-bond acceptors (Lipinski definition) is 4. The van der Waals surface area contributed by atoms with E-state index in [1.54, 1.807) is 0 Å². The number of imidazole rings is 1. The van der Waals surface area contributed by atoms with Gasteiger partial charge in [0.2, 0.25) is 0 Å². The molecule has 0 aliphatic heterocycles. The Morgan fingerprint density at radius 1 is 1.47 bits per heavy atom. The fourth-order valence-corrected chi connectivity index (χ4v) is 1.89. The maximum atomic E-state index is 8.95. The minimum Gasteiger partial charge on any atom is -0.395 e. The SMILES string of the molecule is Cc1cc(N(C)CCO)cn2cc(CN)nc12. The van der Waals surface area contributed by atoms with Gasteiger partial charge in [-0.15, -0.1) is 0 Å². The number of aliphatic hydroxyl groups excluding tert-OH is 1. The van der Waals surface area contributed by atoms with Crippen LogP contribution < -0.4 is 10.6 Å². The second-order valence-corrected chi connectivity index (χ2v) is 4.19. The fraction of sp³-hybridized carbons (Fsp3) is 0.417. The van der Waals surface area contributed by atoms with Crippen molar-refractivity contribution in [1.82, 2.24) is 9.38 Å². The Morgan fingerprint density at radius 3 is 2.88 bits per heavy atom. The molecule has 5 nitrogen and oxygen atoms in total. The van der Waals surface area contributed by atoms with Gasteiger partial charge in [-0.1, -0.05) is 0 Å². The number of aliphatic hydroxyl groups is 1. The summed E-state index contributed by atoms with van der Waals surface area (Å²) in [7, 11) is 1.96. The number of rotatable bonds is 4. The molecule has 0 aromatic carbocycles. The molecule has 2 aromatic rings. The van der Waals surface area contributed by atoms with Crippen LogP contribution in [-0.2, 0) is 6.54 Å². The largest absolute Gasteiger partial charge is 0.395 e. The predicted molar refractivity (Wildman–Crippen MR) is 68.2 cm³/mol. The minimum absolute atomic E-state index is 0.144. The Kier molecular flexibility index (Phi) is 3.31. The summed E-state index contributed by atoms with van der Waals surface area (Å²) in [5.74, 6) is 0. The molecule has 0 saturated carbocycles. The van der Waals surface area contributed by atoms with Crippen LogP contribution in [0, 0.1) is 6.92 Å². The molecular formula is C12H18N4O. The highest BCUT2D eigenvalue weighted by molar-refractivity contribution is 5.57. The van der Waals surface area contributed by atoms with Gasteiger partial charge in [-0.25, -0.2) is 4.98 Å². The average Bonchev–Trinajstić information content (AvgIpc) is 2.73. The number of nitrogens with two attached hydrogens (primary N) is 1. The maximum absolute atomic E-state index is 8.95. The van der Waals surface area contributed by atoms with E-state index in [-0.39, 0.29) is 6.61 Å². The highest BCUT2D eigenvalue weighted by atomic mass is 16.3. The highest BCUT2D eigenvalue weighted by Gasteiger charge is 2.07. The summed E-state index contributed by atoms with van der Waals surface area (Å²) < 4.78 is 1.99. The first kappa shape index (κ1) is 11.9. The van der Waals surface area contributed by atoms with Crippen molar-refractivity contribution < 1.29 is 5.11 Å². The van der Waals surface area contributed by atoms with E-state index >= 15 is 0 Å². The molecule has 0 bridgehead atoms. The lowest BCUT2D eigenvalue weighted by molar-refractivity contribution is 0.304. The molecule has 2 heterocycles. The van der Waals surface area contributed by atoms with Crippen molar-refractivity contribution in [2.45, 2.75) is 13.5 Å². The van der Waals surface area contributed by atoms with Crippen LogP contribution in [0.15, 0.2) is 18.5 Å². The van der Waals surface area contributed by atoms with Crippen molar-refractivity contribution in [3.63, 3.8) is 0 Å². The van der Waals surface area contributed by atoms with Gasteiger partial charge in [0.05, 0.1) is 18.0 Å². The van der Waals surface area contributed by atoms with Crippen LogP contribution in [0.25, 0.3) is 5.65 Å². The van der Waals surface area contributed by atoms with Crippen LogP contribution in [-0.4, -0.2) is 34.7 Å². The van der Waals surface area contributed by atoms with E-state index in [0.29, 0.717) is 13.1 Å². The third-order valence-electron chi connectivity index (χ3n) is 2.86. The van der Waals surface area contributed by atoms with E-state index in [0.717, 1.165) is 22.6 Å². The Hall–Kier alpha value is -1.59. The molecule has 0 atom stereocenters. The van der Waals surface area contributed by atoms with Crippen molar-refractivity contribution in [3.05, 3.63) is 29.7 Å². The van der Waals surface area contributed by atoms with Crippen LogP contribution in [0.4, 0.5) is 5.69 Å². The second-order valence-electron chi connectivity index (χ2n) is 4.19. The van der Waals surface area contributed by atoms with E-state index in [9.17, 15) is 0 Å². The number of likely N-dealkylation sites (N-methyl/N-ethyl adjacent to an activating group) is 1. The monoisotopic (exact) mass is 234 g/mol. The Morgan fingerprint density at radius 2 is 2.24 bits per heavy atom. The first-order chi connectivity index (χ1) is 8.15. The minimum atomic E-state index is 0.144. The smallest absolute Gasteiger partial charge is 0.140 e. The molecule has 0 saturated heterocycles. The quantitative estimate of drug-likeness (QED) is 0.810. The molecule has 0 fully saturated rings. The standard InChI is InChI=1S/C12H18N4O/c1-9-5-11(15(2)3-4-17)8-16-7-10(6-13)14-12(9)16/h5,7-8,17H,3-4,6,13H2,1-2H3. The van der Waals surface area contributed by atoms with E-state index in [1.165, 1.54) is 0 Å². The van der Waals surface area contributed by atoms with Crippen molar-refractivity contribution in [2.75, 3.05) is 25.1 Å². The van der Waals surface area contributed by atoms with Gasteiger partial charge in [0, 0.05) is 32.5 Å². The van der Waals surface area contributed by atoms with Gasteiger partial charge >= 0.3 is 0 Å². The Bertz CT molecular complexity index is 520. The van der Waals surface area contributed by atoms with Gasteiger partial charge in [0.15, 0.2) is 0 Å². The normalized spacial score (nSPS) is 11.1. The predicted octanol–water partition coefficient (Wildman–Crippen LogP) is 0.530. The molecule has 92 valence electrons. The molecule has 0 amide bonds. The number of anilines is 1. The lowest BCUT2D eigenvalue weighted by Crippen LogP contribution is -2.21. The lowest BCUT2D eigenvalue weighted by Gasteiger charge is -2.18. The van der Waals surface area contributed by atoms with Crippen molar-refractivity contribution >= 4 is 11.3 Å². The third kappa shape index (κ3) is 2.25. The Labute approximate surface area is 100 Å². The molecule has 0 aliphatic carbocycles. The molecular weight excluding hydrogens is 216 g/mol. The third-order valence-corrected chi connectivity index (χ3v) is 2.86. The number of hydrogen-bond donors (Lipinski definition) is 2. The van der Waals surface area contributed by atoms with E-state index in [1.807, 2.05) is 35.7 Å². The molecule has 0 unspecified atom stereocenters. The van der Waals surface area contributed by atoms with Gasteiger partial charge in [0.1, 0.15) is 5.65 Å². The van der Waals surface area contributed by atoms with E-state index < -0.39 is 0 Å². The summed E-state index contributed by atoms with van der Waals surface area (Å²) >= 11 is 0. The van der Waals surface area contributed by atoms with Crippen molar-refractivity contribution in [2.24, 2.45) is 5.73 Å². The van der Waals surface area contributed by atoms with Crippen LogP contribution in [0.1, 0.15) is 11.3 Å². The van der Waals surface area contributed by atoms with Gasteiger partial charge in [-0.3, -0.25) is 0 Å². The van der Waals surface area contributed by atoms with Crippen LogP contribution >= 0.6 is 0 Å². The number of aryl methyl sites for hydroxylation is 1. The number of fused-ring (bicyclic) bond motifs is 1. The van der Waals surface area contributed by atoms with E-state index in [2.05, 4.69) is 11.1 Å². The second kappa shape index (κ2) is 4.73. The molecule has 5 heteroatoms. The van der Waals surface area contributed by atoms with Gasteiger partial charge < -0.3 is 20.1 Å². The summed E-state index contributed by atoms with van der Waals surface area (Å²) in [5, 5.41) is 8.95.